The number of benzene rings is 1. The van der Waals surface area contributed by atoms with Crippen molar-refractivity contribution in [2.45, 2.75) is 19.6 Å². The van der Waals surface area contributed by atoms with Crippen molar-refractivity contribution in [3.8, 4) is 5.75 Å². The second kappa shape index (κ2) is 6.54. The largest absolute Gasteiger partial charge is 0.497 e. The highest BCUT2D eigenvalue weighted by molar-refractivity contribution is 5.81. The molecule has 1 aliphatic rings. The molecule has 1 atom stereocenters. The Morgan fingerprint density at radius 2 is 2.24 bits per heavy atom. The van der Waals surface area contributed by atoms with Gasteiger partial charge in [-0.3, -0.25) is 4.90 Å². The molecule has 0 aliphatic carbocycles. The fourth-order valence-corrected chi connectivity index (χ4v) is 3.56. The molecule has 3 aromatic rings. The van der Waals surface area contributed by atoms with E-state index in [9.17, 15) is 0 Å². The van der Waals surface area contributed by atoms with E-state index in [0.717, 1.165) is 49.0 Å². The molecule has 0 saturated carbocycles. The van der Waals surface area contributed by atoms with Gasteiger partial charge in [0.2, 0.25) is 0 Å². The Hall–Kier alpha value is -2.31. The van der Waals surface area contributed by atoms with Crippen LogP contribution in [0.25, 0.3) is 10.9 Å². The van der Waals surface area contributed by atoms with E-state index in [1.54, 1.807) is 7.11 Å². The predicted molar refractivity (Wildman–Crippen MR) is 96.8 cm³/mol. The maximum Gasteiger partial charge on any atom is 0.139 e. The molecule has 6 nitrogen and oxygen atoms in total. The molecule has 0 bridgehead atoms. The summed E-state index contributed by atoms with van der Waals surface area (Å²) in [5.74, 6) is 1.89. The number of aromatic nitrogens is 3. The molecule has 6 heteroatoms. The number of fused-ring (bicyclic) bond motifs is 1. The quantitative estimate of drug-likeness (QED) is 0.793. The van der Waals surface area contributed by atoms with Crippen LogP contribution in [0.5, 0.6) is 5.75 Å². The van der Waals surface area contributed by atoms with Crippen molar-refractivity contribution in [3.05, 3.63) is 47.7 Å². The normalized spacial score (nSPS) is 18.8. The van der Waals surface area contributed by atoms with Crippen LogP contribution in [0.15, 0.2) is 30.5 Å². The molecule has 0 radical (unpaired) electrons. The molecule has 2 aromatic heterocycles. The summed E-state index contributed by atoms with van der Waals surface area (Å²) in [5, 5.41) is 1.18. The van der Waals surface area contributed by atoms with Crippen LogP contribution < -0.4 is 4.74 Å². The number of H-pyrrole nitrogens is 1. The third kappa shape index (κ3) is 3.27. The highest BCUT2D eigenvalue weighted by atomic mass is 16.5. The molecule has 4 rings (SSSR count). The zero-order chi connectivity index (χ0) is 17.4. The van der Waals surface area contributed by atoms with Gasteiger partial charge in [-0.05, 0) is 31.2 Å². The van der Waals surface area contributed by atoms with E-state index in [1.807, 2.05) is 26.2 Å². The summed E-state index contributed by atoms with van der Waals surface area (Å²) in [6.45, 7) is 5.40. The molecule has 3 heterocycles. The van der Waals surface area contributed by atoms with Gasteiger partial charge in [0.1, 0.15) is 17.7 Å². The zero-order valence-electron chi connectivity index (χ0n) is 15.0. The average molecular weight is 340 g/mol. The van der Waals surface area contributed by atoms with Gasteiger partial charge in [0.15, 0.2) is 0 Å². The van der Waals surface area contributed by atoms with Crippen molar-refractivity contribution in [1.82, 2.24) is 19.4 Å². The van der Waals surface area contributed by atoms with E-state index in [4.69, 9.17) is 9.47 Å². The molecule has 0 spiro atoms. The van der Waals surface area contributed by atoms with Crippen molar-refractivity contribution in [3.63, 3.8) is 0 Å². The summed E-state index contributed by atoms with van der Waals surface area (Å²) in [6.07, 6.45) is 2.07. The van der Waals surface area contributed by atoms with E-state index >= 15 is 0 Å². The number of nitrogens with one attached hydrogen (secondary N) is 1. The first-order chi connectivity index (χ1) is 12.1. The van der Waals surface area contributed by atoms with Crippen molar-refractivity contribution in [2.24, 2.45) is 7.05 Å². The van der Waals surface area contributed by atoms with E-state index < -0.39 is 0 Å². The van der Waals surface area contributed by atoms with E-state index in [-0.39, 0.29) is 6.10 Å². The Morgan fingerprint density at radius 3 is 3.00 bits per heavy atom. The standard InChI is InChI=1S/C19H24N4O2/c1-13-10-22(2)19(20-13)18-12-23(6-7-25-18)11-15-8-14-9-16(24-3)4-5-17(14)21-15/h4-5,8-10,18,21H,6-7,11-12H2,1-3H3. The van der Waals surface area contributed by atoms with Crippen LogP contribution >= 0.6 is 0 Å². The number of methoxy groups -OCH3 is 1. The number of morpholine rings is 1. The summed E-state index contributed by atoms with van der Waals surface area (Å²) >= 11 is 0. The number of aromatic amines is 1. The predicted octanol–water partition coefficient (Wildman–Crippen LogP) is 2.79. The van der Waals surface area contributed by atoms with Crippen LogP contribution in [0.1, 0.15) is 23.3 Å². The summed E-state index contributed by atoms with van der Waals surface area (Å²) in [4.78, 5) is 10.5. The maximum absolute atomic E-state index is 5.96. The SMILES string of the molecule is COc1ccc2[nH]c(CN3CCOC(c4nc(C)cn4C)C3)cc2c1. The maximum atomic E-state index is 5.96. The first-order valence-electron chi connectivity index (χ1n) is 8.62. The van der Waals surface area contributed by atoms with Crippen LogP contribution in [0.3, 0.4) is 0 Å². The number of hydrogen-bond acceptors (Lipinski definition) is 4. The Bertz CT molecular complexity index is 883. The highest BCUT2D eigenvalue weighted by Crippen LogP contribution is 2.25. The highest BCUT2D eigenvalue weighted by Gasteiger charge is 2.25. The van der Waals surface area contributed by atoms with Gasteiger partial charge in [0.05, 0.1) is 19.4 Å². The summed E-state index contributed by atoms with van der Waals surface area (Å²) in [5.41, 5.74) is 3.38. The number of hydrogen-bond donors (Lipinski definition) is 1. The second-order valence-electron chi connectivity index (χ2n) is 6.69. The molecule has 0 amide bonds. The number of nitrogens with zero attached hydrogens (tertiary/aromatic N) is 3. The lowest BCUT2D eigenvalue weighted by molar-refractivity contribution is -0.0386. The number of ether oxygens (including phenoxy) is 2. The molecular weight excluding hydrogens is 316 g/mol. The third-order valence-corrected chi connectivity index (χ3v) is 4.75. The van der Waals surface area contributed by atoms with E-state index in [0.29, 0.717) is 0 Å². The van der Waals surface area contributed by atoms with Crippen molar-refractivity contribution >= 4 is 10.9 Å². The third-order valence-electron chi connectivity index (χ3n) is 4.75. The van der Waals surface area contributed by atoms with Gasteiger partial charge in [0, 0.05) is 49.5 Å². The molecule has 1 saturated heterocycles. The van der Waals surface area contributed by atoms with E-state index in [1.165, 1.54) is 11.1 Å². The topological polar surface area (TPSA) is 55.3 Å². The van der Waals surface area contributed by atoms with Gasteiger partial charge in [-0.15, -0.1) is 0 Å². The molecule has 1 unspecified atom stereocenters. The monoisotopic (exact) mass is 340 g/mol. The number of rotatable bonds is 4. The molecule has 1 aliphatic heterocycles. The number of imidazole rings is 1. The van der Waals surface area contributed by atoms with Crippen LogP contribution in [0.4, 0.5) is 0 Å². The smallest absolute Gasteiger partial charge is 0.139 e. The van der Waals surface area contributed by atoms with Gasteiger partial charge in [-0.2, -0.15) is 0 Å². The summed E-state index contributed by atoms with van der Waals surface area (Å²) in [7, 11) is 3.73. The minimum absolute atomic E-state index is 0.0249. The van der Waals surface area contributed by atoms with Crippen molar-refractivity contribution < 1.29 is 9.47 Å². The average Bonchev–Trinajstić information content (AvgIpc) is 3.16. The second-order valence-corrected chi connectivity index (χ2v) is 6.69. The Balaban J connectivity index is 1.49. The van der Waals surface area contributed by atoms with Gasteiger partial charge in [-0.1, -0.05) is 0 Å². The minimum Gasteiger partial charge on any atom is -0.497 e. The van der Waals surface area contributed by atoms with Crippen molar-refractivity contribution in [1.29, 1.82) is 0 Å². The lowest BCUT2D eigenvalue weighted by Gasteiger charge is -2.32. The minimum atomic E-state index is 0.0249. The fourth-order valence-electron chi connectivity index (χ4n) is 3.56. The van der Waals surface area contributed by atoms with E-state index in [2.05, 4.69) is 37.6 Å². The molecule has 1 aromatic carbocycles. The molecular formula is C19H24N4O2. The van der Waals surface area contributed by atoms with Crippen molar-refractivity contribution in [2.75, 3.05) is 26.8 Å². The first kappa shape index (κ1) is 16.2. The molecule has 1 fully saturated rings. The fraction of sp³-hybridized carbons (Fsp3) is 0.421. The Morgan fingerprint density at radius 1 is 1.36 bits per heavy atom. The van der Waals surface area contributed by atoms with Gasteiger partial charge in [-0.25, -0.2) is 4.98 Å². The zero-order valence-corrected chi connectivity index (χ0v) is 15.0. The van der Waals surface area contributed by atoms with Gasteiger partial charge >= 0.3 is 0 Å². The van der Waals surface area contributed by atoms with Gasteiger partial charge in [0.25, 0.3) is 0 Å². The summed E-state index contributed by atoms with van der Waals surface area (Å²) < 4.78 is 13.3. The first-order valence-corrected chi connectivity index (χ1v) is 8.62. The summed E-state index contributed by atoms with van der Waals surface area (Å²) in [6, 6.07) is 8.31. The Labute approximate surface area is 147 Å². The molecule has 1 N–H and O–H groups in total. The van der Waals surface area contributed by atoms with Crippen LogP contribution in [-0.4, -0.2) is 46.2 Å². The lowest BCUT2D eigenvalue weighted by Crippen LogP contribution is -2.38. The lowest BCUT2D eigenvalue weighted by atomic mass is 10.2. The van der Waals surface area contributed by atoms with Crippen LogP contribution in [-0.2, 0) is 18.3 Å². The number of aryl methyl sites for hydroxylation is 2. The van der Waals surface area contributed by atoms with Crippen LogP contribution in [0.2, 0.25) is 0 Å². The van der Waals surface area contributed by atoms with Crippen LogP contribution in [0, 0.1) is 6.92 Å². The molecule has 25 heavy (non-hydrogen) atoms. The molecule has 132 valence electrons. The van der Waals surface area contributed by atoms with Gasteiger partial charge < -0.3 is 19.0 Å². The Kier molecular flexibility index (Phi) is 4.23.